The van der Waals surface area contributed by atoms with E-state index in [0.29, 0.717) is 11.2 Å². The molecule has 3 fully saturated rings. The molecular formula is C16H26N2O2S. The van der Waals surface area contributed by atoms with Crippen LogP contribution >= 0.6 is 11.8 Å². The van der Waals surface area contributed by atoms with Crippen molar-refractivity contribution in [1.82, 2.24) is 10.2 Å². The molecule has 0 aromatic heterocycles. The van der Waals surface area contributed by atoms with Crippen LogP contribution in [0.3, 0.4) is 0 Å². The molecule has 2 aliphatic carbocycles. The Hall–Kier alpha value is -0.710. The lowest BCUT2D eigenvalue weighted by atomic mass is 9.85. The van der Waals surface area contributed by atoms with E-state index in [1.165, 1.54) is 12.8 Å². The predicted molar refractivity (Wildman–Crippen MR) is 85.1 cm³/mol. The number of rotatable bonds is 3. The first-order valence-corrected chi connectivity index (χ1v) is 9.45. The highest BCUT2D eigenvalue weighted by molar-refractivity contribution is 7.99. The van der Waals surface area contributed by atoms with Gasteiger partial charge in [-0.25, -0.2) is 0 Å². The van der Waals surface area contributed by atoms with Gasteiger partial charge in [-0.15, -0.1) is 0 Å². The molecule has 1 aliphatic heterocycles. The molecule has 0 aromatic rings. The van der Waals surface area contributed by atoms with Crippen molar-refractivity contribution in [1.29, 1.82) is 0 Å². The first-order valence-electron chi connectivity index (χ1n) is 8.16. The number of nitrogens with one attached hydrogen (secondary N) is 1. The number of carbonyl (C=O) groups is 2. The summed E-state index contributed by atoms with van der Waals surface area (Å²) in [6, 6.07) is -0.109. The van der Waals surface area contributed by atoms with Crippen molar-refractivity contribution in [2.45, 2.75) is 75.2 Å². The highest BCUT2D eigenvalue weighted by Gasteiger charge is 2.56. The molecule has 3 rings (SSSR count). The zero-order valence-corrected chi connectivity index (χ0v) is 14.0. The van der Waals surface area contributed by atoms with Crippen LogP contribution in [0.25, 0.3) is 0 Å². The molecule has 3 aliphatic rings. The summed E-state index contributed by atoms with van der Waals surface area (Å²) in [5.41, 5.74) is -0.663. The van der Waals surface area contributed by atoms with Crippen LogP contribution in [0, 0.1) is 5.92 Å². The SMILES string of the molecule is CSC1CCCCC1N1C(=O)C(C)(C2CC2)NC(=O)C1C. The highest BCUT2D eigenvalue weighted by Crippen LogP contribution is 2.44. The summed E-state index contributed by atoms with van der Waals surface area (Å²) in [6.07, 6.45) is 8.84. The van der Waals surface area contributed by atoms with Crippen LogP contribution in [0.4, 0.5) is 0 Å². The van der Waals surface area contributed by atoms with Crippen LogP contribution in [-0.4, -0.2) is 45.8 Å². The maximum atomic E-state index is 13.1. The molecular weight excluding hydrogens is 284 g/mol. The van der Waals surface area contributed by atoms with Crippen molar-refractivity contribution in [3.63, 3.8) is 0 Å². The summed E-state index contributed by atoms with van der Waals surface area (Å²) in [6.45, 7) is 3.81. The average Bonchev–Trinajstić information content (AvgIpc) is 3.31. The fourth-order valence-electron chi connectivity index (χ4n) is 4.03. The lowest BCUT2D eigenvalue weighted by molar-refractivity contribution is -0.158. The van der Waals surface area contributed by atoms with Gasteiger partial charge in [0, 0.05) is 11.3 Å². The fraction of sp³-hybridized carbons (Fsp3) is 0.875. The molecule has 0 aromatic carbocycles. The summed E-state index contributed by atoms with van der Waals surface area (Å²) >= 11 is 1.85. The van der Waals surface area contributed by atoms with Gasteiger partial charge >= 0.3 is 0 Å². The van der Waals surface area contributed by atoms with E-state index in [4.69, 9.17) is 0 Å². The van der Waals surface area contributed by atoms with E-state index in [0.717, 1.165) is 25.7 Å². The molecule has 0 bridgehead atoms. The number of amides is 2. The Bertz CT molecular complexity index is 452. The molecule has 1 heterocycles. The van der Waals surface area contributed by atoms with Gasteiger partial charge in [0.15, 0.2) is 0 Å². The molecule has 0 radical (unpaired) electrons. The molecule has 0 spiro atoms. The lowest BCUT2D eigenvalue weighted by Gasteiger charge is -2.49. The standard InChI is InChI=1S/C16H26N2O2S/c1-10-14(19)17-16(2,11-8-9-11)15(20)18(10)12-6-4-5-7-13(12)21-3/h10-13H,4-9H2,1-3H3,(H,17,19). The van der Waals surface area contributed by atoms with Gasteiger partial charge in [0.2, 0.25) is 11.8 Å². The van der Waals surface area contributed by atoms with E-state index in [1.54, 1.807) is 0 Å². The van der Waals surface area contributed by atoms with E-state index in [1.807, 2.05) is 30.5 Å². The summed E-state index contributed by atoms with van der Waals surface area (Å²) in [7, 11) is 0. The molecule has 1 N–H and O–H groups in total. The third kappa shape index (κ3) is 2.47. The molecule has 1 saturated heterocycles. The van der Waals surface area contributed by atoms with Crippen molar-refractivity contribution >= 4 is 23.6 Å². The van der Waals surface area contributed by atoms with E-state index < -0.39 is 5.54 Å². The molecule has 2 amide bonds. The zero-order chi connectivity index (χ0) is 15.2. The third-order valence-electron chi connectivity index (χ3n) is 5.58. The fourth-order valence-corrected chi connectivity index (χ4v) is 5.01. The van der Waals surface area contributed by atoms with Gasteiger partial charge in [-0.1, -0.05) is 12.8 Å². The first-order chi connectivity index (χ1) is 9.99. The molecule has 5 heteroatoms. The van der Waals surface area contributed by atoms with Crippen LogP contribution < -0.4 is 5.32 Å². The van der Waals surface area contributed by atoms with Crippen LogP contribution in [0.15, 0.2) is 0 Å². The Morgan fingerprint density at radius 1 is 1.19 bits per heavy atom. The van der Waals surface area contributed by atoms with Crippen molar-refractivity contribution in [2.75, 3.05) is 6.26 Å². The Morgan fingerprint density at radius 2 is 1.86 bits per heavy atom. The zero-order valence-electron chi connectivity index (χ0n) is 13.2. The Morgan fingerprint density at radius 3 is 2.48 bits per heavy atom. The Kier molecular flexibility index (Phi) is 3.97. The monoisotopic (exact) mass is 310 g/mol. The van der Waals surface area contributed by atoms with Gasteiger partial charge in [-0.3, -0.25) is 9.59 Å². The second kappa shape index (κ2) is 5.49. The van der Waals surface area contributed by atoms with Crippen molar-refractivity contribution in [3.8, 4) is 0 Å². The van der Waals surface area contributed by atoms with E-state index >= 15 is 0 Å². The summed E-state index contributed by atoms with van der Waals surface area (Å²) in [5, 5.41) is 3.49. The minimum atomic E-state index is -0.663. The molecule has 118 valence electrons. The van der Waals surface area contributed by atoms with Gasteiger partial charge in [-0.05, 0) is 51.7 Å². The van der Waals surface area contributed by atoms with Gasteiger partial charge in [0.25, 0.3) is 0 Å². The van der Waals surface area contributed by atoms with Crippen LogP contribution in [-0.2, 0) is 9.59 Å². The highest BCUT2D eigenvalue weighted by atomic mass is 32.2. The van der Waals surface area contributed by atoms with E-state index in [2.05, 4.69) is 11.6 Å². The van der Waals surface area contributed by atoms with Gasteiger partial charge in [0.1, 0.15) is 11.6 Å². The maximum absolute atomic E-state index is 13.1. The molecule has 4 atom stereocenters. The second-order valence-corrected chi connectivity index (χ2v) is 8.06. The van der Waals surface area contributed by atoms with Crippen LogP contribution in [0.2, 0.25) is 0 Å². The molecule has 4 nitrogen and oxygen atoms in total. The number of hydrogen-bond acceptors (Lipinski definition) is 3. The number of thioether (sulfide) groups is 1. The minimum absolute atomic E-state index is 0.0226. The molecule has 21 heavy (non-hydrogen) atoms. The van der Waals surface area contributed by atoms with Crippen molar-refractivity contribution in [3.05, 3.63) is 0 Å². The normalized spacial score (nSPS) is 41.1. The van der Waals surface area contributed by atoms with Gasteiger partial charge < -0.3 is 10.2 Å². The third-order valence-corrected chi connectivity index (χ3v) is 6.74. The minimum Gasteiger partial charge on any atom is -0.340 e. The summed E-state index contributed by atoms with van der Waals surface area (Å²) in [5.74, 6) is 0.512. The number of hydrogen-bond donors (Lipinski definition) is 1. The van der Waals surface area contributed by atoms with Gasteiger partial charge in [-0.2, -0.15) is 11.8 Å². The molecule has 2 saturated carbocycles. The summed E-state index contributed by atoms with van der Waals surface area (Å²) in [4.78, 5) is 27.5. The first kappa shape index (κ1) is 15.2. The summed E-state index contributed by atoms with van der Waals surface area (Å²) < 4.78 is 0. The number of carbonyl (C=O) groups excluding carboxylic acids is 2. The average molecular weight is 310 g/mol. The topological polar surface area (TPSA) is 49.4 Å². The van der Waals surface area contributed by atoms with Crippen LogP contribution in [0.1, 0.15) is 52.4 Å². The van der Waals surface area contributed by atoms with Gasteiger partial charge in [0.05, 0.1) is 0 Å². The van der Waals surface area contributed by atoms with E-state index in [-0.39, 0.29) is 23.9 Å². The van der Waals surface area contributed by atoms with Crippen LogP contribution in [0.5, 0.6) is 0 Å². The molecule has 4 unspecified atom stereocenters. The Balaban J connectivity index is 1.90. The number of nitrogens with zero attached hydrogens (tertiary/aromatic N) is 1. The quantitative estimate of drug-likeness (QED) is 0.869. The van der Waals surface area contributed by atoms with E-state index in [9.17, 15) is 9.59 Å². The largest absolute Gasteiger partial charge is 0.340 e. The second-order valence-electron chi connectivity index (χ2n) is 6.98. The maximum Gasteiger partial charge on any atom is 0.249 e. The van der Waals surface area contributed by atoms with Crippen molar-refractivity contribution in [2.24, 2.45) is 5.92 Å². The smallest absolute Gasteiger partial charge is 0.249 e. The van der Waals surface area contributed by atoms with Crippen molar-refractivity contribution < 1.29 is 9.59 Å². The lowest BCUT2D eigenvalue weighted by Crippen LogP contribution is -2.72. The Labute approximate surface area is 131 Å². The number of piperazine rings is 1. The predicted octanol–water partition coefficient (Wildman–Crippen LogP) is 2.18.